The molecule has 2 aromatic rings. The Bertz CT molecular complexity index is 762. The van der Waals surface area contributed by atoms with Crippen LogP contribution >= 0.6 is 0 Å². The Kier molecular flexibility index (Phi) is 4.08. The lowest BCUT2D eigenvalue weighted by atomic mass is 10.1. The second-order valence-electron chi connectivity index (χ2n) is 5.33. The molecule has 1 aliphatic heterocycles. The van der Waals surface area contributed by atoms with E-state index in [2.05, 4.69) is 14.7 Å². The Morgan fingerprint density at radius 1 is 1.08 bits per heavy atom. The molecule has 24 heavy (non-hydrogen) atoms. The molecular formula is C15H12F3N3O3. The third-order valence-corrected chi connectivity index (χ3v) is 3.66. The molecule has 9 heteroatoms. The molecule has 1 aromatic carbocycles. The number of hydrogen-bond donors (Lipinski definition) is 0. The number of hydrogen-bond acceptors (Lipinski definition) is 5. The summed E-state index contributed by atoms with van der Waals surface area (Å²) in [5.41, 5.74) is 0.412. The molecule has 0 saturated carbocycles. The quantitative estimate of drug-likeness (QED) is 0.634. The molecule has 6 nitrogen and oxygen atoms in total. The van der Waals surface area contributed by atoms with Crippen molar-refractivity contribution in [2.45, 2.75) is 19.0 Å². The summed E-state index contributed by atoms with van der Waals surface area (Å²) in [5.74, 6) is -2.90. The van der Waals surface area contributed by atoms with Gasteiger partial charge in [-0.25, -0.2) is 0 Å². The van der Waals surface area contributed by atoms with Gasteiger partial charge in [0.1, 0.15) is 0 Å². The molecule has 126 valence electrons. The highest BCUT2D eigenvalue weighted by atomic mass is 19.4. The summed E-state index contributed by atoms with van der Waals surface area (Å²) in [6.45, 7) is 1.12. The predicted molar refractivity (Wildman–Crippen MR) is 74.9 cm³/mol. The Hall–Kier alpha value is -2.71. The summed E-state index contributed by atoms with van der Waals surface area (Å²) < 4.78 is 41.5. The molecule has 0 unspecified atom stereocenters. The van der Waals surface area contributed by atoms with Crippen LogP contribution in [0.4, 0.5) is 13.2 Å². The fourth-order valence-electron chi connectivity index (χ4n) is 2.41. The Morgan fingerprint density at radius 2 is 1.71 bits per heavy atom. The highest BCUT2D eigenvalue weighted by Gasteiger charge is 2.38. The first-order valence-corrected chi connectivity index (χ1v) is 7.21. The zero-order valence-electron chi connectivity index (χ0n) is 12.3. The maximum Gasteiger partial charge on any atom is 0.471 e. The molecule has 0 bridgehead atoms. The van der Waals surface area contributed by atoms with E-state index in [1.807, 2.05) is 0 Å². The number of carbonyl (C=O) groups excluding carboxylic acids is 2. The van der Waals surface area contributed by atoms with Gasteiger partial charge in [0, 0.05) is 24.2 Å². The molecule has 0 atom stereocenters. The lowest BCUT2D eigenvalue weighted by Gasteiger charge is -2.13. The Labute approximate surface area is 134 Å². The van der Waals surface area contributed by atoms with Gasteiger partial charge in [0.05, 0.1) is 0 Å². The second-order valence-corrected chi connectivity index (χ2v) is 5.33. The van der Waals surface area contributed by atoms with Crippen molar-refractivity contribution in [1.82, 2.24) is 15.0 Å². The number of carbonyl (C=O) groups is 2. The van der Waals surface area contributed by atoms with Crippen molar-refractivity contribution in [2.75, 3.05) is 13.1 Å². The summed E-state index contributed by atoms with van der Waals surface area (Å²) in [5, 5.41) is 3.26. The van der Waals surface area contributed by atoms with Gasteiger partial charge >= 0.3 is 12.1 Å². The molecule has 0 aliphatic carbocycles. The Morgan fingerprint density at radius 3 is 2.25 bits per heavy atom. The minimum absolute atomic E-state index is 0.162. The maximum absolute atomic E-state index is 12.4. The average molecular weight is 339 g/mol. The van der Waals surface area contributed by atoms with Crippen LogP contribution < -0.4 is 0 Å². The van der Waals surface area contributed by atoms with E-state index in [1.54, 1.807) is 0 Å². The number of amides is 1. The van der Waals surface area contributed by atoms with Gasteiger partial charge in [-0.15, -0.1) is 0 Å². The Balaban J connectivity index is 1.76. The van der Waals surface area contributed by atoms with Gasteiger partial charge in [0.2, 0.25) is 11.6 Å². The molecule has 3 rings (SSSR count). The summed E-state index contributed by atoms with van der Waals surface area (Å²) >= 11 is 0. The molecular weight excluding hydrogens is 327 g/mol. The van der Waals surface area contributed by atoms with Crippen LogP contribution in [0.5, 0.6) is 0 Å². The fraction of sp³-hybridized carbons (Fsp3) is 0.333. The standard InChI is InChI=1S/C15H12F3N3O3/c16-15(17,18)14-19-12(20-24-14)10-5-3-9(4-6-10)11(22)13(23)21-7-1-2-8-21/h3-6H,1-2,7-8H2. The number of aromatic nitrogens is 2. The highest BCUT2D eigenvalue weighted by Crippen LogP contribution is 2.29. The first-order valence-electron chi connectivity index (χ1n) is 7.21. The smallest absolute Gasteiger partial charge is 0.336 e. The summed E-state index contributed by atoms with van der Waals surface area (Å²) in [6.07, 6.45) is -2.97. The van der Waals surface area contributed by atoms with E-state index in [-0.39, 0.29) is 17.0 Å². The molecule has 0 spiro atoms. The lowest BCUT2D eigenvalue weighted by molar-refractivity contribution is -0.159. The molecule has 1 aliphatic rings. The molecule has 1 fully saturated rings. The third-order valence-electron chi connectivity index (χ3n) is 3.66. The average Bonchev–Trinajstić information content (AvgIpc) is 3.24. The molecule has 2 heterocycles. The SMILES string of the molecule is O=C(C(=O)N1CCCC1)c1ccc(-c2noc(C(F)(F)F)n2)cc1. The number of Topliss-reactive ketones (excluding diaryl/α,β-unsaturated/α-hetero) is 1. The van der Waals surface area contributed by atoms with Gasteiger partial charge < -0.3 is 9.42 Å². The van der Waals surface area contributed by atoms with Crippen molar-refractivity contribution < 1.29 is 27.3 Å². The predicted octanol–water partition coefficient (Wildman–Crippen LogP) is 2.56. The third kappa shape index (κ3) is 3.15. The maximum atomic E-state index is 12.4. The monoisotopic (exact) mass is 339 g/mol. The van der Waals surface area contributed by atoms with E-state index >= 15 is 0 Å². The van der Waals surface area contributed by atoms with Crippen molar-refractivity contribution in [2.24, 2.45) is 0 Å². The van der Waals surface area contributed by atoms with E-state index in [0.29, 0.717) is 13.1 Å². The van der Waals surface area contributed by atoms with Crippen LogP contribution in [-0.4, -0.2) is 39.8 Å². The molecule has 0 N–H and O–H groups in total. The zero-order chi connectivity index (χ0) is 17.3. The lowest BCUT2D eigenvalue weighted by Crippen LogP contribution is -2.34. The first kappa shape index (κ1) is 16.2. The fourth-order valence-corrected chi connectivity index (χ4v) is 2.41. The highest BCUT2D eigenvalue weighted by molar-refractivity contribution is 6.42. The summed E-state index contributed by atoms with van der Waals surface area (Å²) in [4.78, 5) is 28.9. The number of halogens is 3. The van der Waals surface area contributed by atoms with Crippen LogP contribution in [0.3, 0.4) is 0 Å². The minimum Gasteiger partial charge on any atom is -0.336 e. The van der Waals surface area contributed by atoms with Crippen molar-refractivity contribution in [3.8, 4) is 11.4 Å². The van der Waals surface area contributed by atoms with Gasteiger partial charge in [-0.2, -0.15) is 18.2 Å². The van der Waals surface area contributed by atoms with Gasteiger partial charge in [0.15, 0.2) is 0 Å². The van der Waals surface area contributed by atoms with E-state index in [4.69, 9.17) is 0 Å². The van der Waals surface area contributed by atoms with E-state index in [9.17, 15) is 22.8 Å². The number of likely N-dealkylation sites (tertiary alicyclic amines) is 1. The molecule has 0 radical (unpaired) electrons. The molecule has 1 amide bonds. The molecule has 1 aromatic heterocycles. The van der Waals surface area contributed by atoms with Crippen molar-refractivity contribution >= 4 is 11.7 Å². The van der Waals surface area contributed by atoms with Crippen LogP contribution in [0.25, 0.3) is 11.4 Å². The first-order chi connectivity index (χ1) is 11.4. The van der Waals surface area contributed by atoms with Crippen LogP contribution in [0, 0.1) is 0 Å². The van der Waals surface area contributed by atoms with Crippen LogP contribution in [0.1, 0.15) is 29.1 Å². The number of nitrogens with zero attached hydrogens (tertiary/aromatic N) is 3. The summed E-state index contributed by atoms with van der Waals surface area (Å²) in [6, 6.07) is 5.45. The number of rotatable bonds is 3. The van der Waals surface area contributed by atoms with Gasteiger partial charge in [-0.3, -0.25) is 9.59 Å². The van der Waals surface area contributed by atoms with Gasteiger partial charge in [-0.05, 0) is 12.8 Å². The van der Waals surface area contributed by atoms with Gasteiger partial charge in [0.25, 0.3) is 5.91 Å². The largest absolute Gasteiger partial charge is 0.471 e. The van der Waals surface area contributed by atoms with Crippen LogP contribution in [0.15, 0.2) is 28.8 Å². The normalized spacial score (nSPS) is 14.9. The minimum atomic E-state index is -4.72. The van der Waals surface area contributed by atoms with Crippen LogP contribution in [0.2, 0.25) is 0 Å². The van der Waals surface area contributed by atoms with E-state index in [1.165, 1.54) is 29.2 Å². The number of alkyl halides is 3. The topological polar surface area (TPSA) is 76.3 Å². The molecule has 1 saturated heterocycles. The summed E-state index contributed by atoms with van der Waals surface area (Å²) in [7, 11) is 0. The van der Waals surface area contributed by atoms with E-state index < -0.39 is 23.8 Å². The number of ketones is 1. The van der Waals surface area contributed by atoms with Crippen molar-refractivity contribution in [3.63, 3.8) is 0 Å². The zero-order valence-corrected chi connectivity index (χ0v) is 12.3. The van der Waals surface area contributed by atoms with Crippen LogP contribution in [-0.2, 0) is 11.0 Å². The van der Waals surface area contributed by atoms with Crippen molar-refractivity contribution in [1.29, 1.82) is 0 Å². The van der Waals surface area contributed by atoms with E-state index in [0.717, 1.165) is 12.8 Å². The second kappa shape index (κ2) is 6.06. The van der Waals surface area contributed by atoms with Crippen molar-refractivity contribution in [3.05, 3.63) is 35.7 Å². The van der Waals surface area contributed by atoms with Gasteiger partial charge in [-0.1, -0.05) is 29.4 Å². The number of benzene rings is 1.